The van der Waals surface area contributed by atoms with E-state index in [9.17, 15) is 9.90 Å². The summed E-state index contributed by atoms with van der Waals surface area (Å²) in [5, 5.41) is 15.6. The SMILES string of the molecule is Cc1cccc(C)c1NC(=O)C(O)(Cc1ccc2ccccc2n1)c1ccccc1. The molecule has 1 heterocycles. The van der Waals surface area contributed by atoms with Gasteiger partial charge < -0.3 is 10.4 Å². The molecule has 1 unspecified atom stereocenters. The van der Waals surface area contributed by atoms with Gasteiger partial charge in [0.05, 0.1) is 5.52 Å². The Bertz CT molecular complexity index is 1180. The lowest BCUT2D eigenvalue weighted by atomic mass is 9.87. The summed E-state index contributed by atoms with van der Waals surface area (Å²) >= 11 is 0. The molecule has 1 amide bonds. The Morgan fingerprint density at radius 1 is 0.867 bits per heavy atom. The summed E-state index contributed by atoms with van der Waals surface area (Å²) in [7, 11) is 0. The van der Waals surface area contributed by atoms with Gasteiger partial charge in [-0.1, -0.05) is 72.8 Å². The number of aliphatic hydroxyl groups is 1. The fourth-order valence-corrected chi connectivity index (χ4v) is 3.72. The molecule has 0 aliphatic carbocycles. The maximum Gasteiger partial charge on any atom is 0.261 e. The summed E-state index contributed by atoms with van der Waals surface area (Å²) in [6.45, 7) is 3.88. The number of anilines is 1. The molecule has 4 aromatic rings. The highest BCUT2D eigenvalue weighted by Crippen LogP contribution is 2.29. The molecule has 4 rings (SSSR count). The van der Waals surface area contributed by atoms with E-state index in [0.717, 1.165) is 27.7 Å². The van der Waals surface area contributed by atoms with Crippen LogP contribution in [0.1, 0.15) is 22.4 Å². The second kappa shape index (κ2) is 8.09. The van der Waals surface area contributed by atoms with Crippen molar-refractivity contribution in [3.8, 4) is 0 Å². The Morgan fingerprint density at radius 3 is 2.27 bits per heavy atom. The van der Waals surface area contributed by atoms with Crippen LogP contribution in [0.3, 0.4) is 0 Å². The number of rotatable bonds is 5. The van der Waals surface area contributed by atoms with Gasteiger partial charge in [0.2, 0.25) is 0 Å². The van der Waals surface area contributed by atoms with Gasteiger partial charge in [-0.3, -0.25) is 9.78 Å². The zero-order valence-electron chi connectivity index (χ0n) is 17.1. The standard InChI is InChI=1S/C26H24N2O2/c1-18-9-8-10-19(2)24(18)28-25(29)26(30,21-12-4-3-5-13-21)17-22-16-15-20-11-6-7-14-23(20)27-22/h3-16,30H,17H2,1-2H3,(H,28,29). The average molecular weight is 396 g/mol. The predicted molar refractivity (Wildman–Crippen MR) is 120 cm³/mol. The number of fused-ring (bicyclic) bond motifs is 1. The van der Waals surface area contributed by atoms with Gasteiger partial charge in [-0.05, 0) is 42.7 Å². The average Bonchev–Trinajstić information content (AvgIpc) is 2.76. The largest absolute Gasteiger partial charge is 0.375 e. The first-order valence-corrected chi connectivity index (χ1v) is 9.97. The molecule has 1 atom stereocenters. The maximum absolute atomic E-state index is 13.4. The van der Waals surface area contributed by atoms with Crippen LogP contribution in [0.25, 0.3) is 10.9 Å². The number of hydrogen-bond acceptors (Lipinski definition) is 3. The maximum atomic E-state index is 13.4. The molecule has 2 N–H and O–H groups in total. The van der Waals surface area contributed by atoms with Gasteiger partial charge >= 0.3 is 0 Å². The number of nitrogens with one attached hydrogen (secondary N) is 1. The van der Waals surface area contributed by atoms with Gasteiger partial charge in [0, 0.05) is 23.2 Å². The van der Waals surface area contributed by atoms with Crippen LogP contribution in [0.5, 0.6) is 0 Å². The summed E-state index contributed by atoms with van der Waals surface area (Å²) in [5.74, 6) is -0.471. The first kappa shape index (κ1) is 19.8. The fraction of sp³-hybridized carbons (Fsp3) is 0.154. The summed E-state index contributed by atoms with van der Waals surface area (Å²) < 4.78 is 0. The third-order valence-corrected chi connectivity index (χ3v) is 5.44. The van der Waals surface area contributed by atoms with Crippen LogP contribution < -0.4 is 5.32 Å². The topological polar surface area (TPSA) is 62.2 Å². The normalized spacial score (nSPS) is 13.0. The van der Waals surface area contributed by atoms with Crippen LogP contribution in [0.2, 0.25) is 0 Å². The predicted octanol–water partition coefficient (Wildman–Crippen LogP) is 4.92. The van der Waals surface area contributed by atoms with Crippen molar-refractivity contribution in [3.05, 3.63) is 107 Å². The minimum atomic E-state index is -1.76. The van der Waals surface area contributed by atoms with Crippen molar-refractivity contribution < 1.29 is 9.90 Å². The van der Waals surface area contributed by atoms with E-state index >= 15 is 0 Å². The molecule has 0 bridgehead atoms. The van der Waals surface area contributed by atoms with Crippen molar-refractivity contribution in [2.75, 3.05) is 5.32 Å². The molecule has 0 aliphatic rings. The van der Waals surface area contributed by atoms with Crippen molar-refractivity contribution in [2.24, 2.45) is 0 Å². The van der Waals surface area contributed by atoms with Crippen LogP contribution in [-0.2, 0) is 16.8 Å². The highest BCUT2D eigenvalue weighted by Gasteiger charge is 2.39. The number of para-hydroxylation sites is 2. The van der Waals surface area contributed by atoms with E-state index in [1.807, 2.05) is 86.6 Å². The molecule has 0 aliphatic heterocycles. The fourth-order valence-electron chi connectivity index (χ4n) is 3.72. The Kier molecular flexibility index (Phi) is 5.34. The van der Waals surface area contributed by atoms with E-state index in [1.165, 1.54) is 0 Å². The smallest absolute Gasteiger partial charge is 0.261 e. The third kappa shape index (κ3) is 3.82. The number of amides is 1. The van der Waals surface area contributed by atoms with E-state index < -0.39 is 11.5 Å². The number of pyridine rings is 1. The molecule has 150 valence electrons. The lowest BCUT2D eigenvalue weighted by molar-refractivity contribution is -0.135. The number of nitrogens with zero attached hydrogens (tertiary/aromatic N) is 1. The molecule has 4 nitrogen and oxygen atoms in total. The van der Waals surface area contributed by atoms with E-state index in [1.54, 1.807) is 12.1 Å². The molecule has 0 saturated carbocycles. The zero-order valence-corrected chi connectivity index (χ0v) is 17.1. The lowest BCUT2D eigenvalue weighted by Crippen LogP contribution is -2.42. The second-order valence-electron chi connectivity index (χ2n) is 7.62. The summed E-state index contributed by atoms with van der Waals surface area (Å²) in [5.41, 5.74) is 2.88. The van der Waals surface area contributed by atoms with Gasteiger partial charge in [-0.15, -0.1) is 0 Å². The highest BCUT2D eigenvalue weighted by atomic mass is 16.3. The van der Waals surface area contributed by atoms with Crippen LogP contribution >= 0.6 is 0 Å². The van der Waals surface area contributed by atoms with E-state index in [4.69, 9.17) is 0 Å². The van der Waals surface area contributed by atoms with Crippen LogP contribution in [0, 0.1) is 13.8 Å². The molecule has 0 spiro atoms. The Labute approximate surface area is 176 Å². The quantitative estimate of drug-likeness (QED) is 0.503. The van der Waals surface area contributed by atoms with E-state index in [-0.39, 0.29) is 6.42 Å². The Balaban J connectivity index is 1.73. The minimum absolute atomic E-state index is 0.0681. The van der Waals surface area contributed by atoms with Crippen LogP contribution in [0.15, 0.2) is 84.9 Å². The molecule has 1 aromatic heterocycles. The Morgan fingerprint density at radius 2 is 1.53 bits per heavy atom. The van der Waals surface area contributed by atoms with E-state index in [0.29, 0.717) is 11.3 Å². The molecular formula is C26H24N2O2. The lowest BCUT2D eigenvalue weighted by Gasteiger charge is -2.28. The van der Waals surface area contributed by atoms with Gasteiger partial charge in [0.1, 0.15) is 0 Å². The van der Waals surface area contributed by atoms with E-state index in [2.05, 4.69) is 10.3 Å². The first-order chi connectivity index (χ1) is 14.5. The number of hydrogen-bond donors (Lipinski definition) is 2. The number of aromatic nitrogens is 1. The van der Waals surface area contributed by atoms with Gasteiger partial charge in [0.25, 0.3) is 5.91 Å². The van der Waals surface area contributed by atoms with Crippen LogP contribution in [-0.4, -0.2) is 16.0 Å². The summed E-state index contributed by atoms with van der Waals surface area (Å²) in [6.07, 6.45) is 0.0681. The van der Waals surface area contributed by atoms with Crippen molar-refractivity contribution in [1.82, 2.24) is 4.98 Å². The number of aryl methyl sites for hydroxylation is 2. The Hall–Kier alpha value is -3.50. The van der Waals surface area contributed by atoms with Gasteiger partial charge in [0.15, 0.2) is 5.60 Å². The second-order valence-corrected chi connectivity index (χ2v) is 7.62. The van der Waals surface area contributed by atoms with Crippen molar-refractivity contribution in [2.45, 2.75) is 25.9 Å². The van der Waals surface area contributed by atoms with Crippen LogP contribution in [0.4, 0.5) is 5.69 Å². The van der Waals surface area contributed by atoms with Crippen molar-refractivity contribution in [1.29, 1.82) is 0 Å². The number of carbonyl (C=O) groups is 1. The molecular weight excluding hydrogens is 372 g/mol. The first-order valence-electron chi connectivity index (χ1n) is 9.97. The monoisotopic (exact) mass is 396 g/mol. The minimum Gasteiger partial charge on any atom is -0.375 e. The summed E-state index contributed by atoms with van der Waals surface area (Å²) in [4.78, 5) is 18.1. The molecule has 30 heavy (non-hydrogen) atoms. The highest BCUT2D eigenvalue weighted by molar-refractivity contribution is 5.99. The van der Waals surface area contributed by atoms with Gasteiger partial charge in [-0.25, -0.2) is 0 Å². The summed E-state index contributed by atoms with van der Waals surface area (Å²) in [6, 6.07) is 26.5. The molecule has 0 radical (unpaired) electrons. The molecule has 4 heteroatoms. The van der Waals surface area contributed by atoms with Crippen molar-refractivity contribution >= 4 is 22.5 Å². The third-order valence-electron chi connectivity index (χ3n) is 5.44. The zero-order chi connectivity index (χ0) is 21.1. The number of carbonyl (C=O) groups excluding carboxylic acids is 1. The molecule has 0 fully saturated rings. The number of benzene rings is 3. The molecule has 3 aromatic carbocycles. The van der Waals surface area contributed by atoms with Crippen molar-refractivity contribution in [3.63, 3.8) is 0 Å². The van der Waals surface area contributed by atoms with Gasteiger partial charge in [-0.2, -0.15) is 0 Å². The molecule has 0 saturated heterocycles.